The molecule has 2 aromatic carbocycles. The predicted molar refractivity (Wildman–Crippen MR) is 96.3 cm³/mol. The molecule has 0 fully saturated rings. The minimum atomic E-state index is -1.01. The Morgan fingerprint density at radius 2 is 1.81 bits per heavy atom. The number of carbonyl (C=O) groups excluding carboxylic acids is 1. The van der Waals surface area contributed by atoms with Crippen molar-refractivity contribution in [3.05, 3.63) is 83.8 Å². The van der Waals surface area contributed by atoms with Crippen LogP contribution < -0.4 is 0 Å². The highest BCUT2D eigenvalue weighted by atomic mass is 16.5. The van der Waals surface area contributed by atoms with Crippen LogP contribution in [0.1, 0.15) is 21.6 Å². The fourth-order valence-corrected chi connectivity index (χ4v) is 2.38. The number of hydrogen-bond donors (Lipinski definition) is 2. The van der Waals surface area contributed by atoms with Crippen LogP contribution in [0.3, 0.4) is 0 Å². The second-order valence-corrected chi connectivity index (χ2v) is 5.48. The molecule has 26 heavy (non-hydrogen) atoms. The number of aromatic nitrogens is 2. The second-order valence-electron chi connectivity index (χ2n) is 5.48. The maximum absolute atomic E-state index is 12.3. The number of carboxylic acids is 1. The molecule has 6 heteroatoms. The number of rotatable bonds is 6. The van der Waals surface area contributed by atoms with Crippen molar-refractivity contribution < 1.29 is 19.4 Å². The van der Waals surface area contributed by atoms with Crippen LogP contribution in [0.2, 0.25) is 0 Å². The number of carbonyl (C=O) groups is 2. The summed E-state index contributed by atoms with van der Waals surface area (Å²) in [5, 5.41) is 8.66. The molecule has 0 aliphatic heterocycles. The molecule has 0 unspecified atom stereocenters. The minimum Gasteiger partial charge on any atom is -0.478 e. The molecule has 0 saturated carbocycles. The van der Waals surface area contributed by atoms with Crippen molar-refractivity contribution in [2.24, 2.45) is 0 Å². The van der Waals surface area contributed by atoms with Gasteiger partial charge in [-0.2, -0.15) is 0 Å². The molecule has 0 amide bonds. The summed E-state index contributed by atoms with van der Waals surface area (Å²) in [6, 6.07) is 16.5. The monoisotopic (exact) mass is 348 g/mol. The van der Waals surface area contributed by atoms with E-state index in [0.717, 1.165) is 22.8 Å². The van der Waals surface area contributed by atoms with Crippen LogP contribution in [-0.4, -0.2) is 27.0 Å². The van der Waals surface area contributed by atoms with Crippen LogP contribution in [0.25, 0.3) is 17.3 Å². The molecule has 130 valence electrons. The largest absolute Gasteiger partial charge is 0.478 e. The molecule has 0 atom stereocenters. The first-order valence-corrected chi connectivity index (χ1v) is 7.89. The average Bonchev–Trinajstić information content (AvgIpc) is 3.15. The lowest BCUT2D eigenvalue weighted by molar-refractivity contribution is -0.131. The number of ether oxygens (including phenoxy) is 1. The van der Waals surface area contributed by atoms with Crippen molar-refractivity contribution in [1.82, 2.24) is 9.97 Å². The summed E-state index contributed by atoms with van der Waals surface area (Å²) in [5.41, 5.74) is 3.12. The number of aliphatic carboxylic acids is 1. The molecule has 0 bridgehead atoms. The fraction of sp³-hybridized carbons (Fsp3) is 0.0500. The van der Waals surface area contributed by atoms with Gasteiger partial charge in [-0.25, -0.2) is 14.6 Å². The highest BCUT2D eigenvalue weighted by molar-refractivity contribution is 5.94. The van der Waals surface area contributed by atoms with Crippen LogP contribution in [-0.2, 0) is 16.1 Å². The maximum atomic E-state index is 12.3. The van der Waals surface area contributed by atoms with E-state index >= 15 is 0 Å². The number of esters is 1. The first kappa shape index (κ1) is 17.2. The standard InChI is InChI=1S/C20H16N2O4/c23-17(24)11-8-14-6-9-16(10-7-14)18-19(22-13-21-18)20(25)26-12-15-4-2-1-3-5-15/h1-11,13H,12H2,(H,21,22)(H,23,24). The first-order chi connectivity index (χ1) is 12.6. The van der Waals surface area contributed by atoms with Gasteiger partial charge < -0.3 is 14.8 Å². The number of benzene rings is 2. The number of nitrogens with one attached hydrogen (secondary N) is 1. The topological polar surface area (TPSA) is 92.3 Å². The predicted octanol–water partition coefficient (Wildman–Crippen LogP) is 3.53. The van der Waals surface area contributed by atoms with E-state index < -0.39 is 11.9 Å². The number of nitrogens with zero attached hydrogens (tertiary/aromatic N) is 1. The zero-order valence-corrected chi connectivity index (χ0v) is 13.8. The van der Waals surface area contributed by atoms with Crippen LogP contribution in [0.5, 0.6) is 0 Å². The zero-order valence-electron chi connectivity index (χ0n) is 13.8. The summed E-state index contributed by atoms with van der Waals surface area (Å²) >= 11 is 0. The van der Waals surface area contributed by atoms with E-state index in [4.69, 9.17) is 9.84 Å². The summed E-state index contributed by atoms with van der Waals surface area (Å²) in [5.74, 6) is -1.50. The Kier molecular flexibility index (Phi) is 5.24. The van der Waals surface area contributed by atoms with Gasteiger partial charge in [0.15, 0.2) is 5.69 Å². The van der Waals surface area contributed by atoms with Crippen molar-refractivity contribution in [2.45, 2.75) is 6.61 Å². The lowest BCUT2D eigenvalue weighted by atomic mass is 10.1. The van der Waals surface area contributed by atoms with Gasteiger partial charge in [-0.3, -0.25) is 0 Å². The molecule has 6 nitrogen and oxygen atoms in total. The van der Waals surface area contributed by atoms with E-state index in [1.807, 2.05) is 30.3 Å². The summed E-state index contributed by atoms with van der Waals surface area (Å²) in [6.45, 7) is 0.178. The molecule has 0 spiro atoms. The van der Waals surface area contributed by atoms with Gasteiger partial charge in [0, 0.05) is 11.6 Å². The van der Waals surface area contributed by atoms with Crippen molar-refractivity contribution in [1.29, 1.82) is 0 Å². The fourth-order valence-electron chi connectivity index (χ4n) is 2.38. The van der Waals surface area contributed by atoms with Crippen LogP contribution in [0.15, 0.2) is 67.0 Å². The Morgan fingerprint density at radius 3 is 2.50 bits per heavy atom. The Morgan fingerprint density at radius 1 is 1.08 bits per heavy atom. The van der Waals surface area contributed by atoms with Crippen LogP contribution >= 0.6 is 0 Å². The number of carboxylic acid groups (broad SMARTS) is 1. The normalized spacial score (nSPS) is 10.8. The van der Waals surface area contributed by atoms with Crippen molar-refractivity contribution in [2.75, 3.05) is 0 Å². The van der Waals surface area contributed by atoms with Gasteiger partial charge in [0.25, 0.3) is 0 Å². The average molecular weight is 348 g/mol. The van der Waals surface area contributed by atoms with Gasteiger partial charge >= 0.3 is 11.9 Å². The second kappa shape index (κ2) is 7.94. The lowest BCUT2D eigenvalue weighted by Crippen LogP contribution is -2.07. The van der Waals surface area contributed by atoms with Gasteiger partial charge in [0.1, 0.15) is 12.3 Å². The summed E-state index contributed by atoms with van der Waals surface area (Å²) < 4.78 is 5.34. The third kappa shape index (κ3) is 4.24. The zero-order chi connectivity index (χ0) is 18.4. The number of hydrogen-bond acceptors (Lipinski definition) is 4. The molecule has 0 saturated heterocycles. The molecule has 2 N–H and O–H groups in total. The van der Waals surface area contributed by atoms with Crippen molar-refractivity contribution in [3.8, 4) is 11.3 Å². The summed E-state index contributed by atoms with van der Waals surface area (Å²) in [7, 11) is 0. The molecule has 1 heterocycles. The lowest BCUT2D eigenvalue weighted by Gasteiger charge is -2.06. The molecule has 3 aromatic rings. The van der Waals surface area contributed by atoms with E-state index in [1.165, 1.54) is 12.4 Å². The van der Waals surface area contributed by atoms with Crippen molar-refractivity contribution >= 4 is 18.0 Å². The van der Waals surface area contributed by atoms with E-state index in [-0.39, 0.29) is 12.3 Å². The van der Waals surface area contributed by atoms with Gasteiger partial charge in [0.2, 0.25) is 0 Å². The van der Waals surface area contributed by atoms with Crippen LogP contribution in [0, 0.1) is 0 Å². The molecule has 1 aromatic heterocycles. The summed E-state index contributed by atoms with van der Waals surface area (Å²) in [4.78, 5) is 29.9. The third-order valence-corrected chi connectivity index (χ3v) is 3.66. The summed E-state index contributed by atoms with van der Waals surface area (Å²) in [6.07, 6.45) is 3.99. The minimum absolute atomic E-state index is 0.178. The molecular formula is C20H16N2O4. The van der Waals surface area contributed by atoms with E-state index in [0.29, 0.717) is 5.69 Å². The van der Waals surface area contributed by atoms with E-state index in [2.05, 4.69) is 9.97 Å². The molecule has 3 rings (SSSR count). The third-order valence-electron chi connectivity index (χ3n) is 3.66. The number of imidazole rings is 1. The van der Waals surface area contributed by atoms with Gasteiger partial charge in [-0.05, 0) is 17.2 Å². The number of H-pyrrole nitrogens is 1. The Balaban J connectivity index is 1.73. The Hall–Kier alpha value is -3.67. The first-order valence-electron chi connectivity index (χ1n) is 7.89. The van der Waals surface area contributed by atoms with E-state index in [9.17, 15) is 9.59 Å². The van der Waals surface area contributed by atoms with E-state index in [1.54, 1.807) is 24.3 Å². The highest BCUT2D eigenvalue weighted by Gasteiger charge is 2.17. The quantitative estimate of drug-likeness (QED) is 0.525. The molecule has 0 radical (unpaired) electrons. The highest BCUT2D eigenvalue weighted by Crippen LogP contribution is 2.22. The molecular weight excluding hydrogens is 332 g/mol. The smallest absolute Gasteiger partial charge is 0.357 e. The Labute approximate surface area is 149 Å². The number of aromatic amines is 1. The Bertz CT molecular complexity index is 928. The van der Waals surface area contributed by atoms with Gasteiger partial charge in [0.05, 0.1) is 6.33 Å². The molecule has 0 aliphatic carbocycles. The van der Waals surface area contributed by atoms with Crippen molar-refractivity contribution in [3.63, 3.8) is 0 Å². The van der Waals surface area contributed by atoms with Crippen LogP contribution in [0.4, 0.5) is 0 Å². The SMILES string of the molecule is O=C(O)C=Cc1ccc(-c2nc[nH]c2C(=O)OCc2ccccc2)cc1. The maximum Gasteiger partial charge on any atom is 0.357 e. The molecule has 0 aliphatic rings. The van der Waals surface area contributed by atoms with Gasteiger partial charge in [-0.1, -0.05) is 54.6 Å². The van der Waals surface area contributed by atoms with Gasteiger partial charge in [-0.15, -0.1) is 0 Å².